The van der Waals surface area contributed by atoms with Gasteiger partial charge in [0.2, 0.25) is 0 Å². The van der Waals surface area contributed by atoms with Crippen LogP contribution in [0.4, 0.5) is 13.2 Å². The molecule has 2 aromatic carbocycles. The van der Waals surface area contributed by atoms with Gasteiger partial charge in [-0.1, -0.05) is 46.9 Å². The Balaban J connectivity index is 1.74. The van der Waals surface area contributed by atoms with E-state index in [0.29, 0.717) is 20.6 Å². The first-order valence-electron chi connectivity index (χ1n) is 11.0. The van der Waals surface area contributed by atoms with Gasteiger partial charge in [0, 0.05) is 32.9 Å². The monoisotopic (exact) mass is 595 g/mol. The maximum atomic E-state index is 13.8. The molecule has 5 aromatic rings. The number of aryl methyl sites for hydroxylation is 1. The topological polar surface area (TPSA) is 61.3 Å². The number of fused-ring (bicyclic) bond motifs is 1. The van der Waals surface area contributed by atoms with Gasteiger partial charge < -0.3 is 5.11 Å². The second-order valence-electron chi connectivity index (χ2n) is 8.42. The average Bonchev–Trinajstić information content (AvgIpc) is 3.27. The van der Waals surface area contributed by atoms with Gasteiger partial charge in [-0.15, -0.1) is 11.3 Å². The quantitative estimate of drug-likeness (QED) is 0.215. The van der Waals surface area contributed by atoms with E-state index in [1.54, 1.807) is 31.5 Å². The first-order chi connectivity index (χ1) is 18.0. The van der Waals surface area contributed by atoms with Crippen LogP contribution in [0.15, 0.2) is 65.7 Å². The Bertz CT molecular complexity index is 1780. The van der Waals surface area contributed by atoms with Crippen LogP contribution in [0.5, 0.6) is 5.88 Å². The molecule has 38 heavy (non-hydrogen) atoms. The zero-order valence-corrected chi connectivity index (χ0v) is 22.4. The van der Waals surface area contributed by atoms with Crippen LogP contribution < -0.4 is 15.2 Å². The lowest BCUT2D eigenvalue weighted by Crippen LogP contribution is -2.44. The lowest BCUT2D eigenvalue weighted by atomic mass is 9.98. The normalized spacial score (nSPS) is 11.9. The summed E-state index contributed by atoms with van der Waals surface area (Å²) in [6.07, 6.45) is -1.45. The van der Waals surface area contributed by atoms with Crippen molar-refractivity contribution in [2.24, 2.45) is 0 Å². The van der Waals surface area contributed by atoms with Crippen molar-refractivity contribution in [2.45, 2.75) is 19.6 Å². The number of alkyl halides is 3. The number of nitrogens with zero attached hydrogens (tertiary/aromatic N) is 3. The summed E-state index contributed by atoms with van der Waals surface area (Å²) in [5.74, 6) is -0.555. The van der Waals surface area contributed by atoms with E-state index in [1.807, 2.05) is 0 Å². The predicted molar refractivity (Wildman–Crippen MR) is 140 cm³/mol. The van der Waals surface area contributed by atoms with Gasteiger partial charge in [-0.25, -0.2) is 14.3 Å². The summed E-state index contributed by atoms with van der Waals surface area (Å²) in [5, 5.41) is 13.8. The van der Waals surface area contributed by atoms with Gasteiger partial charge in [-0.3, -0.25) is 0 Å². The fourth-order valence-electron chi connectivity index (χ4n) is 4.26. The van der Waals surface area contributed by atoms with E-state index in [-0.39, 0.29) is 38.8 Å². The van der Waals surface area contributed by atoms with Crippen LogP contribution in [0.1, 0.15) is 16.0 Å². The Hall–Kier alpha value is -3.11. The molecule has 12 heteroatoms. The summed E-state index contributed by atoms with van der Waals surface area (Å²) in [6.45, 7) is 1.91. The summed E-state index contributed by atoms with van der Waals surface area (Å²) in [5.41, 5.74) is 0.256. The molecule has 0 aliphatic carbocycles. The van der Waals surface area contributed by atoms with Crippen molar-refractivity contribution < 1.29 is 22.8 Å². The van der Waals surface area contributed by atoms with E-state index >= 15 is 0 Å². The van der Waals surface area contributed by atoms with Gasteiger partial charge in [0.05, 0.1) is 22.5 Å². The first kappa shape index (κ1) is 26.5. The molecule has 0 saturated heterocycles. The fourth-order valence-corrected chi connectivity index (χ4v) is 5.73. The molecule has 0 saturated carbocycles. The molecule has 0 spiro atoms. The summed E-state index contributed by atoms with van der Waals surface area (Å²) in [7, 11) is 0. The van der Waals surface area contributed by atoms with Crippen molar-refractivity contribution in [1.82, 2.24) is 9.38 Å². The number of thiazole rings is 1. The van der Waals surface area contributed by atoms with Crippen molar-refractivity contribution in [3.05, 3.63) is 102 Å². The number of aromatic nitrogens is 3. The minimum absolute atomic E-state index is 0.121. The third-order valence-electron chi connectivity index (χ3n) is 5.99. The predicted octanol–water partition coefficient (Wildman–Crippen LogP) is 6.79. The van der Waals surface area contributed by atoms with E-state index in [2.05, 4.69) is 4.98 Å². The van der Waals surface area contributed by atoms with Crippen LogP contribution in [-0.2, 0) is 12.7 Å². The van der Waals surface area contributed by atoms with Crippen LogP contribution in [0.25, 0.3) is 27.9 Å². The number of hydrogen-bond acceptors (Lipinski definition) is 4. The smallest absolute Gasteiger partial charge is 0.416 e. The Morgan fingerprint density at radius 2 is 1.82 bits per heavy atom. The van der Waals surface area contributed by atoms with E-state index in [1.165, 1.54) is 44.6 Å². The molecule has 0 fully saturated rings. The SMILES string of the molecule is Cc1cccn2c(=O)c(-c3ccc(Cl)c(-c4ccc(C(F)(F)F)cc4Cl)c3)c([O-])[n+](Cc3cnc(Cl)s3)c12. The highest BCUT2D eigenvalue weighted by Gasteiger charge is 2.31. The van der Waals surface area contributed by atoms with Crippen LogP contribution >= 0.6 is 46.1 Å². The molecular weight excluding hydrogens is 582 g/mol. The van der Waals surface area contributed by atoms with Gasteiger partial charge in [-0.2, -0.15) is 17.6 Å². The maximum Gasteiger partial charge on any atom is 0.416 e. The van der Waals surface area contributed by atoms with Crippen molar-refractivity contribution in [2.75, 3.05) is 0 Å². The molecular formula is C26H15Cl3F3N3O2S. The molecule has 0 bridgehead atoms. The van der Waals surface area contributed by atoms with Gasteiger partial charge in [0.25, 0.3) is 5.65 Å². The van der Waals surface area contributed by atoms with Gasteiger partial charge in [0.15, 0.2) is 4.47 Å². The number of pyridine rings is 1. The number of benzene rings is 2. The molecule has 0 aliphatic heterocycles. The second kappa shape index (κ2) is 9.89. The van der Waals surface area contributed by atoms with Gasteiger partial charge >= 0.3 is 11.7 Å². The Morgan fingerprint density at radius 3 is 2.47 bits per heavy atom. The summed E-state index contributed by atoms with van der Waals surface area (Å²) < 4.78 is 42.6. The van der Waals surface area contributed by atoms with Crippen LogP contribution in [0.2, 0.25) is 14.5 Å². The highest BCUT2D eigenvalue weighted by Crippen LogP contribution is 2.39. The second-order valence-corrected chi connectivity index (χ2v) is 10.9. The molecule has 0 N–H and O–H groups in total. The molecule has 194 valence electrons. The van der Waals surface area contributed by atoms with E-state index < -0.39 is 23.2 Å². The van der Waals surface area contributed by atoms with Crippen LogP contribution in [0.3, 0.4) is 0 Å². The van der Waals surface area contributed by atoms with Gasteiger partial charge in [0.1, 0.15) is 12.1 Å². The summed E-state index contributed by atoms with van der Waals surface area (Å²) in [4.78, 5) is 18.3. The molecule has 0 atom stereocenters. The maximum absolute atomic E-state index is 13.8. The van der Waals surface area contributed by atoms with E-state index in [0.717, 1.165) is 12.1 Å². The number of halogens is 6. The lowest BCUT2D eigenvalue weighted by molar-refractivity contribution is -0.707. The fraction of sp³-hybridized carbons (Fsp3) is 0.115. The molecule has 3 heterocycles. The van der Waals surface area contributed by atoms with Crippen LogP contribution in [0, 0.1) is 6.92 Å². The first-order valence-corrected chi connectivity index (χ1v) is 12.9. The van der Waals surface area contributed by atoms with Crippen molar-refractivity contribution in [3.63, 3.8) is 0 Å². The summed E-state index contributed by atoms with van der Waals surface area (Å²) >= 11 is 19.8. The number of hydrogen-bond donors (Lipinski definition) is 0. The van der Waals surface area contributed by atoms with Crippen molar-refractivity contribution >= 4 is 51.8 Å². The van der Waals surface area contributed by atoms with Gasteiger partial charge in [-0.05, 0) is 48.9 Å². The largest absolute Gasteiger partial charge is 0.842 e. The minimum Gasteiger partial charge on any atom is -0.842 e. The molecule has 0 amide bonds. The molecule has 5 nitrogen and oxygen atoms in total. The summed E-state index contributed by atoms with van der Waals surface area (Å²) in [6, 6.07) is 10.9. The zero-order valence-electron chi connectivity index (χ0n) is 19.3. The standard InChI is InChI=1S/C26H15Cl3F3N3O2S/c1-13-3-2-8-34-22(13)35(12-16-11-33-25(29)38-16)24(37)21(23(34)36)14-4-7-19(27)18(9-14)17-6-5-15(10-20(17)28)26(30,31)32/h2-11H,12H2,1H3. The number of rotatable bonds is 4. The molecule has 0 aliphatic rings. The van der Waals surface area contributed by atoms with E-state index in [4.69, 9.17) is 34.8 Å². The molecule has 0 radical (unpaired) electrons. The average molecular weight is 597 g/mol. The molecule has 0 unspecified atom stereocenters. The van der Waals surface area contributed by atoms with Crippen LogP contribution in [-0.4, -0.2) is 9.38 Å². The molecule has 5 rings (SSSR count). The zero-order chi connectivity index (χ0) is 27.4. The third kappa shape index (κ3) is 4.75. The Morgan fingerprint density at radius 1 is 1.05 bits per heavy atom. The highest BCUT2D eigenvalue weighted by atomic mass is 35.5. The highest BCUT2D eigenvalue weighted by molar-refractivity contribution is 7.15. The van der Waals surface area contributed by atoms with E-state index in [9.17, 15) is 23.1 Å². The minimum atomic E-state index is -4.57. The lowest BCUT2D eigenvalue weighted by Gasteiger charge is -2.18. The van der Waals surface area contributed by atoms with Crippen molar-refractivity contribution in [1.29, 1.82) is 0 Å². The third-order valence-corrected chi connectivity index (χ3v) is 7.73. The van der Waals surface area contributed by atoms with Crippen molar-refractivity contribution in [3.8, 4) is 28.1 Å². The molecule has 3 aromatic heterocycles. The Kier molecular flexibility index (Phi) is 6.89. The Labute approximate surface area is 232 Å².